The summed E-state index contributed by atoms with van der Waals surface area (Å²) in [6.07, 6.45) is 14.5. The van der Waals surface area contributed by atoms with Gasteiger partial charge in [-0.3, -0.25) is 0 Å². The highest BCUT2D eigenvalue weighted by Crippen LogP contribution is 2.43. The fourth-order valence-electron chi connectivity index (χ4n) is 2.51. The molecule has 2 aliphatic rings. The van der Waals surface area contributed by atoms with Crippen LogP contribution in [0.15, 0.2) is 24.3 Å². The molecule has 78 valence electrons. The summed E-state index contributed by atoms with van der Waals surface area (Å²) < 4.78 is 0. The van der Waals surface area contributed by atoms with Crippen molar-refractivity contribution < 1.29 is 0 Å². The maximum atomic E-state index is 6.63. The molecule has 0 N–H and O–H groups in total. The third-order valence-corrected chi connectivity index (χ3v) is 4.68. The Hall–Kier alpha value is 0.0600. The lowest BCUT2D eigenvalue weighted by atomic mass is 9.76. The summed E-state index contributed by atoms with van der Waals surface area (Å²) >= 11 is 12.9. The van der Waals surface area contributed by atoms with Crippen molar-refractivity contribution >= 4 is 23.2 Å². The van der Waals surface area contributed by atoms with Crippen LogP contribution < -0.4 is 0 Å². The SMILES string of the molecule is ClC1C=CC=CC1(Cl)C1CCCCC1. The van der Waals surface area contributed by atoms with Gasteiger partial charge < -0.3 is 0 Å². The second kappa shape index (κ2) is 4.28. The van der Waals surface area contributed by atoms with Crippen LogP contribution in [0.2, 0.25) is 0 Å². The van der Waals surface area contributed by atoms with E-state index in [-0.39, 0.29) is 10.3 Å². The first kappa shape index (κ1) is 10.6. The fraction of sp³-hybridized carbons (Fsp3) is 0.667. The van der Waals surface area contributed by atoms with Gasteiger partial charge in [-0.05, 0) is 18.8 Å². The molecular formula is C12H16Cl2. The lowest BCUT2D eigenvalue weighted by molar-refractivity contribution is 0.306. The van der Waals surface area contributed by atoms with Gasteiger partial charge in [-0.15, -0.1) is 23.2 Å². The van der Waals surface area contributed by atoms with Crippen molar-refractivity contribution in [2.24, 2.45) is 5.92 Å². The van der Waals surface area contributed by atoms with Gasteiger partial charge in [0.25, 0.3) is 0 Å². The van der Waals surface area contributed by atoms with E-state index in [1.165, 1.54) is 32.1 Å². The monoisotopic (exact) mass is 230 g/mol. The third kappa shape index (κ3) is 1.87. The second-order valence-corrected chi connectivity index (χ2v) is 5.43. The molecule has 1 saturated carbocycles. The van der Waals surface area contributed by atoms with E-state index in [0.29, 0.717) is 5.92 Å². The maximum absolute atomic E-state index is 6.63. The van der Waals surface area contributed by atoms with Crippen LogP contribution in [-0.2, 0) is 0 Å². The standard InChI is InChI=1S/C12H16Cl2/c13-11-8-4-5-9-12(11,14)10-6-2-1-3-7-10/h4-5,8-11H,1-3,6-7H2. The van der Waals surface area contributed by atoms with Crippen molar-refractivity contribution in [1.82, 2.24) is 0 Å². The summed E-state index contributed by atoms with van der Waals surface area (Å²) in [4.78, 5) is -0.323. The summed E-state index contributed by atoms with van der Waals surface area (Å²) in [7, 11) is 0. The summed E-state index contributed by atoms with van der Waals surface area (Å²) in [5.41, 5.74) is 0. The van der Waals surface area contributed by atoms with Crippen molar-refractivity contribution in [3.8, 4) is 0 Å². The van der Waals surface area contributed by atoms with Crippen molar-refractivity contribution in [2.45, 2.75) is 42.4 Å². The highest BCUT2D eigenvalue weighted by atomic mass is 35.5. The van der Waals surface area contributed by atoms with Gasteiger partial charge >= 0.3 is 0 Å². The Morgan fingerprint density at radius 1 is 1.07 bits per heavy atom. The van der Waals surface area contributed by atoms with E-state index >= 15 is 0 Å². The van der Waals surface area contributed by atoms with Crippen LogP contribution >= 0.6 is 23.2 Å². The second-order valence-electron chi connectivity index (χ2n) is 4.31. The average molecular weight is 231 g/mol. The molecule has 0 spiro atoms. The lowest BCUT2D eigenvalue weighted by Crippen LogP contribution is -2.40. The lowest BCUT2D eigenvalue weighted by Gasteiger charge is -2.39. The smallest absolute Gasteiger partial charge is 0.0855 e. The zero-order valence-corrected chi connectivity index (χ0v) is 9.77. The molecule has 0 bridgehead atoms. The minimum absolute atomic E-state index is 0.0442. The van der Waals surface area contributed by atoms with Gasteiger partial charge in [0.05, 0.1) is 10.3 Å². The molecular weight excluding hydrogens is 215 g/mol. The molecule has 2 heteroatoms. The first-order chi connectivity index (χ1) is 6.73. The zero-order chi connectivity index (χ0) is 10.0. The number of hydrogen-bond acceptors (Lipinski definition) is 0. The van der Waals surface area contributed by atoms with Gasteiger partial charge in [0, 0.05) is 0 Å². The largest absolute Gasteiger partial charge is 0.116 e. The van der Waals surface area contributed by atoms with Crippen LogP contribution in [0.4, 0.5) is 0 Å². The summed E-state index contributed by atoms with van der Waals surface area (Å²) in [6, 6.07) is 0. The molecule has 0 saturated heterocycles. The number of halogens is 2. The highest BCUT2D eigenvalue weighted by Gasteiger charge is 2.40. The number of allylic oxidation sites excluding steroid dienone is 4. The van der Waals surface area contributed by atoms with Crippen LogP contribution in [0.3, 0.4) is 0 Å². The molecule has 1 fully saturated rings. The Kier molecular flexibility index (Phi) is 3.23. The predicted molar refractivity (Wildman–Crippen MR) is 63.1 cm³/mol. The molecule has 0 nitrogen and oxygen atoms in total. The highest BCUT2D eigenvalue weighted by molar-refractivity contribution is 6.34. The summed E-state index contributed by atoms with van der Waals surface area (Å²) in [5, 5.41) is -0.0442. The van der Waals surface area contributed by atoms with Crippen LogP contribution in [0, 0.1) is 5.92 Å². The molecule has 0 aromatic rings. The van der Waals surface area contributed by atoms with Crippen LogP contribution in [0.1, 0.15) is 32.1 Å². The van der Waals surface area contributed by atoms with Crippen molar-refractivity contribution in [2.75, 3.05) is 0 Å². The Balaban J connectivity index is 2.13. The molecule has 2 atom stereocenters. The van der Waals surface area contributed by atoms with E-state index in [0.717, 1.165) is 0 Å². The van der Waals surface area contributed by atoms with E-state index in [4.69, 9.17) is 23.2 Å². The Morgan fingerprint density at radius 2 is 1.79 bits per heavy atom. The number of alkyl halides is 2. The molecule has 0 amide bonds. The van der Waals surface area contributed by atoms with Crippen molar-refractivity contribution in [3.05, 3.63) is 24.3 Å². The van der Waals surface area contributed by atoms with E-state index in [2.05, 4.69) is 6.08 Å². The Morgan fingerprint density at radius 3 is 2.43 bits per heavy atom. The first-order valence-electron chi connectivity index (χ1n) is 5.42. The molecule has 0 radical (unpaired) electrons. The van der Waals surface area contributed by atoms with Crippen LogP contribution in [0.25, 0.3) is 0 Å². The number of hydrogen-bond donors (Lipinski definition) is 0. The first-order valence-corrected chi connectivity index (χ1v) is 6.24. The number of rotatable bonds is 1. The molecule has 2 rings (SSSR count). The van der Waals surface area contributed by atoms with Gasteiger partial charge in [-0.1, -0.05) is 43.6 Å². The normalized spacial score (nSPS) is 38.9. The van der Waals surface area contributed by atoms with Crippen LogP contribution in [-0.4, -0.2) is 10.3 Å². The molecule has 0 aromatic heterocycles. The van der Waals surface area contributed by atoms with Gasteiger partial charge in [0.2, 0.25) is 0 Å². The zero-order valence-electron chi connectivity index (χ0n) is 8.26. The molecule has 0 aliphatic heterocycles. The van der Waals surface area contributed by atoms with Gasteiger partial charge in [-0.2, -0.15) is 0 Å². The predicted octanol–water partition coefficient (Wildman–Crippen LogP) is 4.28. The van der Waals surface area contributed by atoms with E-state index in [9.17, 15) is 0 Å². The summed E-state index contributed by atoms with van der Waals surface area (Å²) in [5.74, 6) is 0.557. The Labute approximate surface area is 96.0 Å². The van der Waals surface area contributed by atoms with Gasteiger partial charge in [0.15, 0.2) is 0 Å². The molecule has 0 aromatic carbocycles. The minimum atomic E-state index is -0.323. The summed E-state index contributed by atoms with van der Waals surface area (Å²) in [6.45, 7) is 0. The van der Waals surface area contributed by atoms with E-state index in [1.807, 2.05) is 18.2 Å². The molecule has 0 heterocycles. The fourth-order valence-corrected chi connectivity index (χ4v) is 3.21. The van der Waals surface area contributed by atoms with Crippen molar-refractivity contribution in [1.29, 1.82) is 0 Å². The Bertz CT molecular complexity index is 251. The van der Waals surface area contributed by atoms with E-state index in [1.54, 1.807) is 0 Å². The third-order valence-electron chi connectivity index (χ3n) is 3.40. The van der Waals surface area contributed by atoms with Crippen LogP contribution in [0.5, 0.6) is 0 Å². The van der Waals surface area contributed by atoms with Gasteiger partial charge in [-0.25, -0.2) is 0 Å². The molecule has 2 unspecified atom stereocenters. The minimum Gasteiger partial charge on any atom is -0.116 e. The maximum Gasteiger partial charge on any atom is 0.0855 e. The van der Waals surface area contributed by atoms with Crippen molar-refractivity contribution in [3.63, 3.8) is 0 Å². The van der Waals surface area contributed by atoms with E-state index < -0.39 is 0 Å². The average Bonchev–Trinajstić information content (AvgIpc) is 2.24. The topological polar surface area (TPSA) is 0 Å². The molecule has 2 aliphatic carbocycles. The van der Waals surface area contributed by atoms with Gasteiger partial charge in [0.1, 0.15) is 0 Å². The quantitative estimate of drug-likeness (QED) is 0.591. The molecule has 14 heavy (non-hydrogen) atoms.